The molecular weight excluding hydrogens is 275 g/mol. The highest BCUT2D eigenvalue weighted by atomic mass is 35.5. The minimum atomic E-state index is -0.920. The molecule has 0 fully saturated rings. The van der Waals surface area contributed by atoms with Crippen LogP contribution >= 0.6 is 23.2 Å². The smallest absolute Gasteiger partial charge is 0.277 e. The van der Waals surface area contributed by atoms with Gasteiger partial charge in [0.15, 0.2) is 5.78 Å². The zero-order chi connectivity index (χ0) is 13.5. The van der Waals surface area contributed by atoms with Gasteiger partial charge in [0.25, 0.3) is 5.91 Å². The van der Waals surface area contributed by atoms with E-state index in [2.05, 4.69) is 10.2 Å². The van der Waals surface area contributed by atoms with E-state index in [-0.39, 0.29) is 16.4 Å². The van der Waals surface area contributed by atoms with Gasteiger partial charge in [-0.05, 0) is 32.0 Å². The summed E-state index contributed by atoms with van der Waals surface area (Å²) in [5, 5.41) is 7.93. The molecule has 0 N–H and O–H groups in total. The van der Waals surface area contributed by atoms with Gasteiger partial charge in [-0.15, -0.1) is 5.11 Å². The molecule has 18 heavy (non-hydrogen) atoms. The summed E-state index contributed by atoms with van der Waals surface area (Å²) in [5.41, 5.74) is -0.572. The molecule has 1 aliphatic heterocycles. The Labute approximate surface area is 114 Å². The maximum absolute atomic E-state index is 12.3. The number of nitrogens with zero attached hydrogens (tertiary/aromatic N) is 2. The van der Waals surface area contributed by atoms with Crippen molar-refractivity contribution in [1.29, 1.82) is 0 Å². The predicted molar refractivity (Wildman–Crippen MR) is 68.2 cm³/mol. The quantitative estimate of drug-likeness (QED) is 0.616. The second-order valence-corrected chi connectivity index (χ2v) is 5.46. The van der Waals surface area contributed by atoms with Crippen LogP contribution in [0.5, 0.6) is 0 Å². The van der Waals surface area contributed by atoms with Crippen LogP contribution in [0.2, 0.25) is 10.0 Å². The first-order valence-electron chi connectivity index (χ1n) is 5.29. The van der Waals surface area contributed by atoms with E-state index in [1.807, 2.05) is 0 Å². The lowest BCUT2D eigenvalue weighted by atomic mass is 9.83. The van der Waals surface area contributed by atoms with Crippen molar-refractivity contribution in [3.63, 3.8) is 0 Å². The van der Waals surface area contributed by atoms with Crippen LogP contribution in [0.4, 0.5) is 0 Å². The fourth-order valence-corrected chi connectivity index (χ4v) is 2.38. The first-order chi connectivity index (χ1) is 8.33. The third kappa shape index (κ3) is 2.18. The van der Waals surface area contributed by atoms with Gasteiger partial charge in [0.05, 0.1) is 10.6 Å². The number of hydrogen-bond acceptors (Lipinski definition) is 3. The highest BCUT2D eigenvalue weighted by molar-refractivity contribution is 6.37. The number of azo groups is 1. The van der Waals surface area contributed by atoms with Gasteiger partial charge in [-0.3, -0.25) is 9.59 Å². The number of amides is 1. The third-order valence-corrected chi connectivity index (χ3v) is 3.37. The molecule has 0 aliphatic carbocycles. The van der Waals surface area contributed by atoms with Gasteiger partial charge >= 0.3 is 0 Å². The Morgan fingerprint density at radius 1 is 1.33 bits per heavy atom. The molecule has 4 nitrogen and oxygen atoms in total. The number of carbonyl (C=O) groups excluding carboxylic acids is 2. The van der Waals surface area contributed by atoms with E-state index in [9.17, 15) is 9.59 Å². The van der Waals surface area contributed by atoms with Crippen LogP contribution in [-0.4, -0.2) is 17.2 Å². The van der Waals surface area contributed by atoms with Crippen molar-refractivity contribution >= 4 is 34.9 Å². The lowest BCUT2D eigenvalue weighted by Crippen LogP contribution is -2.36. The van der Waals surface area contributed by atoms with Crippen LogP contribution in [-0.2, 0) is 4.79 Å². The van der Waals surface area contributed by atoms with Gasteiger partial charge in [-0.25, -0.2) is 0 Å². The van der Waals surface area contributed by atoms with Gasteiger partial charge in [0, 0.05) is 10.6 Å². The molecule has 0 saturated heterocycles. The van der Waals surface area contributed by atoms with Gasteiger partial charge in [-0.2, -0.15) is 5.11 Å². The lowest BCUT2D eigenvalue weighted by molar-refractivity contribution is -0.119. The SMILES string of the molecule is CC1(C)N=NC(=O)C1C(=O)c1ccc(Cl)cc1Cl. The molecule has 0 saturated carbocycles. The van der Waals surface area contributed by atoms with Crippen molar-refractivity contribution < 1.29 is 9.59 Å². The maximum atomic E-state index is 12.3. The lowest BCUT2D eigenvalue weighted by Gasteiger charge is -2.20. The number of rotatable bonds is 2. The van der Waals surface area contributed by atoms with E-state index in [0.717, 1.165) is 0 Å². The predicted octanol–water partition coefficient (Wildman–Crippen LogP) is 3.56. The van der Waals surface area contributed by atoms with Crippen molar-refractivity contribution in [3.8, 4) is 0 Å². The highest BCUT2D eigenvalue weighted by Crippen LogP contribution is 2.34. The van der Waals surface area contributed by atoms with E-state index in [4.69, 9.17) is 23.2 Å². The summed E-state index contributed by atoms with van der Waals surface area (Å²) in [6.07, 6.45) is 0. The molecule has 94 valence electrons. The molecule has 1 heterocycles. The van der Waals surface area contributed by atoms with Crippen LogP contribution < -0.4 is 0 Å². The van der Waals surface area contributed by atoms with Gasteiger partial charge < -0.3 is 0 Å². The van der Waals surface area contributed by atoms with E-state index in [1.54, 1.807) is 19.9 Å². The average Bonchev–Trinajstić information content (AvgIpc) is 2.52. The molecule has 1 amide bonds. The Hall–Kier alpha value is -1.26. The van der Waals surface area contributed by atoms with Gasteiger partial charge in [0.2, 0.25) is 0 Å². The zero-order valence-corrected chi connectivity index (χ0v) is 11.3. The Kier molecular flexibility index (Phi) is 3.25. The topological polar surface area (TPSA) is 58.9 Å². The van der Waals surface area contributed by atoms with Crippen LogP contribution in [0.15, 0.2) is 28.4 Å². The summed E-state index contributed by atoms with van der Waals surface area (Å²) in [6.45, 7) is 3.38. The average molecular weight is 285 g/mol. The molecular formula is C12H10Cl2N2O2. The normalized spacial score (nSPS) is 21.3. The Morgan fingerprint density at radius 3 is 2.50 bits per heavy atom. The molecule has 6 heteroatoms. The number of halogens is 2. The van der Waals surface area contributed by atoms with E-state index < -0.39 is 17.4 Å². The fourth-order valence-electron chi connectivity index (χ4n) is 1.87. The molecule has 0 spiro atoms. The van der Waals surface area contributed by atoms with E-state index in [0.29, 0.717) is 5.02 Å². The first kappa shape index (κ1) is 13.2. The summed E-state index contributed by atoms with van der Waals surface area (Å²) in [5.74, 6) is -1.83. The van der Waals surface area contributed by atoms with Crippen molar-refractivity contribution in [2.24, 2.45) is 16.1 Å². The standard InChI is InChI=1S/C12H10Cl2N2O2/c1-12(2)9(11(18)15-16-12)10(17)7-4-3-6(13)5-8(7)14/h3-5,9H,1-2H3. The molecule has 1 aliphatic rings. The number of benzene rings is 1. The fraction of sp³-hybridized carbons (Fsp3) is 0.333. The molecule has 2 rings (SSSR count). The number of Topliss-reactive ketones (excluding diaryl/α,β-unsaturated/α-hetero) is 1. The second kappa shape index (κ2) is 4.44. The minimum absolute atomic E-state index is 0.225. The van der Waals surface area contributed by atoms with E-state index in [1.165, 1.54) is 12.1 Å². The molecule has 0 bridgehead atoms. The highest BCUT2D eigenvalue weighted by Gasteiger charge is 2.46. The van der Waals surface area contributed by atoms with Crippen molar-refractivity contribution in [3.05, 3.63) is 33.8 Å². The van der Waals surface area contributed by atoms with Crippen LogP contribution in [0.25, 0.3) is 0 Å². The summed E-state index contributed by atoms with van der Waals surface area (Å²) in [7, 11) is 0. The molecule has 0 radical (unpaired) electrons. The third-order valence-electron chi connectivity index (χ3n) is 2.82. The number of hydrogen-bond donors (Lipinski definition) is 0. The van der Waals surface area contributed by atoms with Crippen LogP contribution in [0.1, 0.15) is 24.2 Å². The number of carbonyl (C=O) groups is 2. The Balaban J connectivity index is 2.41. The second-order valence-electron chi connectivity index (χ2n) is 4.61. The summed E-state index contributed by atoms with van der Waals surface area (Å²) < 4.78 is 0. The van der Waals surface area contributed by atoms with Crippen LogP contribution in [0, 0.1) is 5.92 Å². The first-order valence-corrected chi connectivity index (χ1v) is 6.04. The van der Waals surface area contributed by atoms with Crippen molar-refractivity contribution in [2.45, 2.75) is 19.4 Å². The van der Waals surface area contributed by atoms with Gasteiger partial charge in [0.1, 0.15) is 5.92 Å². The largest absolute Gasteiger partial charge is 0.293 e. The molecule has 1 aromatic carbocycles. The minimum Gasteiger partial charge on any atom is -0.293 e. The maximum Gasteiger partial charge on any atom is 0.277 e. The summed E-state index contributed by atoms with van der Waals surface area (Å²) in [4.78, 5) is 24.0. The molecule has 0 aromatic heterocycles. The molecule has 1 unspecified atom stereocenters. The van der Waals surface area contributed by atoms with E-state index >= 15 is 0 Å². The number of ketones is 1. The molecule has 1 aromatic rings. The van der Waals surface area contributed by atoms with Gasteiger partial charge in [-0.1, -0.05) is 23.2 Å². The Bertz CT molecular complexity index is 567. The van der Waals surface area contributed by atoms with Crippen LogP contribution in [0.3, 0.4) is 0 Å². The summed E-state index contributed by atoms with van der Waals surface area (Å²) in [6, 6.07) is 4.53. The van der Waals surface area contributed by atoms with Crippen molar-refractivity contribution in [1.82, 2.24) is 0 Å². The monoisotopic (exact) mass is 284 g/mol. The van der Waals surface area contributed by atoms with Crippen molar-refractivity contribution in [2.75, 3.05) is 0 Å². The summed E-state index contributed by atoms with van der Waals surface area (Å²) >= 11 is 11.7. The zero-order valence-electron chi connectivity index (χ0n) is 9.78. The molecule has 1 atom stereocenters. The Morgan fingerprint density at radius 2 is 2.00 bits per heavy atom.